The minimum Gasteiger partial charge on any atom is -0.350 e. The SMILES string of the molecule is Cc1ccc(S(=O)(=O)N(CC(=O)NCc2ccncc2)c2cccc(C)c2C)cc1. The summed E-state index contributed by atoms with van der Waals surface area (Å²) >= 11 is 0. The van der Waals surface area contributed by atoms with Crippen LogP contribution in [0, 0.1) is 20.8 Å². The molecule has 0 aliphatic rings. The fourth-order valence-electron chi connectivity index (χ4n) is 3.03. The highest BCUT2D eigenvalue weighted by Gasteiger charge is 2.28. The van der Waals surface area contributed by atoms with Gasteiger partial charge in [0.1, 0.15) is 6.54 Å². The molecule has 0 saturated heterocycles. The summed E-state index contributed by atoms with van der Waals surface area (Å²) < 4.78 is 28.1. The van der Waals surface area contributed by atoms with Crippen LogP contribution in [0.2, 0.25) is 0 Å². The molecule has 156 valence electrons. The number of anilines is 1. The van der Waals surface area contributed by atoms with E-state index in [0.717, 1.165) is 22.3 Å². The first kappa shape index (κ1) is 21.5. The maximum Gasteiger partial charge on any atom is 0.264 e. The van der Waals surface area contributed by atoms with Crippen LogP contribution in [0.4, 0.5) is 5.69 Å². The number of carbonyl (C=O) groups is 1. The molecular weight excluding hydrogens is 398 g/mol. The Kier molecular flexibility index (Phi) is 6.52. The molecule has 3 rings (SSSR count). The summed E-state index contributed by atoms with van der Waals surface area (Å²) in [5.41, 5.74) is 4.11. The lowest BCUT2D eigenvalue weighted by Gasteiger charge is -2.26. The average molecular weight is 424 g/mol. The molecule has 0 fully saturated rings. The Bertz CT molecular complexity index is 1130. The minimum absolute atomic E-state index is 0.149. The Labute approximate surface area is 177 Å². The van der Waals surface area contributed by atoms with Gasteiger partial charge in [0.25, 0.3) is 10.0 Å². The molecule has 0 aliphatic carbocycles. The Morgan fingerprint density at radius 2 is 1.63 bits per heavy atom. The molecule has 2 aromatic carbocycles. The Morgan fingerprint density at radius 3 is 2.30 bits per heavy atom. The number of amides is 1. The zero-order valence-electron chi connectivity index (χ0n) is 17.3. The number of hydrogen-bond donors (Lipinski definition) is 1. The van der Waals surface area contributed by atoms with Crippen LogP contribution in [0.5, 0.6) is 0 Å². The molecule has 0 spiro atoms. The number of sulfonamides is 1. The van der Waals surface area contributed by atoms with E-state index in [1.165, 1.54) is 4.31 Å². The van der Waals surface area contributed by atoms with Crippen LogP contribution in [-0.4, -0.2) is 25.9 Å². The number of hydrogen-bond acceptors (Lipinski definition) is 4. The number of pyridine rings is 1. The van der Waals surface area contributed by atoms with E-state index in [1.807, 2.05) is 26.8 Å². The van der Waals surface area contributed by atoms with Crippen LogP contribution in [-0.2, 0) is 21.4 Å². The molecule has 0 radical (unpaired) electrons. The summed E-state index contributed by atoms with van der Waals surface area (Å²) in [7, 11) is -3.93. The first-order valence-corrected chi connectivity index (χ1v) is 11.0. The van der Waals surface area contributed by atoms with E-state index in [-0.39, 0.29) is 17.3 Å². The van der Waals surface area contributed by atoms with Gasteiger partial charge in [-0.3, -0.25) is 14.1 Å². The highest BCUT2D eigenvalue weighted by Crippen LogP contribution is 2.28. The number of rotatable bonds is 7. The summed E-state index contributed by atoms with van der Waals surface area (Å²) in [6.45, 7) is 5.65. The molecule has 1 aromatic heterocycles. The van der Waals surface area contributed by atoms with Gasteiger partial charge in [-0.2, -0.15) is 0 Å². The van der Waals surface area contributed by atoms with Crippen LogP contribution in [0.25, 0.3) is 0 Å². The van der Waals surface area contributed by atoms with Gasteiger partial charge in [-0.1, -0.05) is 29.8 Å². The molecule has 0 atom stereocenters. The third-order valence-electron chi connectivity index (χ3n) is 4.98. The highest BCUT2D eigenvalue weighted by molar-refractivity contribution is 7.92. The number of benzene rings is 2. The largest absolute Gasteiger partial charge is 0.350 e. The highest BCUT2D eigenvalue weighted by atomic mass is 32.2. The zero-order chi connectivity index (χ0) is 21.7. The van der Waals surface area contributed by atoms with Gasteiger partial charge < -0.3 is 5.32 Å². The van der Waals surface area contributed by atoms with Crippen LogP contribution in [0.1, 0.15) is 22.3 Å². The van der Waals surface area contributed by atoms with Gasteiger partial charge >= 0.3 is 0 Å². The normalized spacial score (nSPS) is 11.2. The Morgan fingerprint density at radius 1 is 0.967 bits per heavy atom. The second-order valence-electron chi connectivity index (χ2n) is 7.18. The lowest BCUT2D eigenvalue weighted by atomic mass is 10.1. The molecule has 1 heterocycles. The van der Waals surface area contributed by atoms with Crippen molar-refractivity contribution in [3.8, 4) is 0 Å². The average Bonchev–Trinajstić information content (AvgIpc) is 2.74. The van der Waals surface area contributed by atoms with Gasteiger partial charge in [0, 0.05) is 18.9 Å². The van der Waals surface area contributed by atoms with Crippen molar-refractivity contribution in [3.05, 3.63) is 89.2 Å². The van der Waals surface area contributed by atoms with Crippen molar-refractivity contribution < 1.29 is 13.2 Å². The van der Waals surface area contributed by atoms with Gasteiger partial charge in [-0.25, -0.2) is 8.42 Å². The van der Waals surface area contributed by atoms with Crippen molar-refractivity contribution in [3.63, 3.8) is 0 Å². The molecule has 1 N–H and O–H groups in total. The van der Waals surface area contributed by atoms with Gasteiger partial charge in [0.05, 0.1) is 10.6 Å². The van der Waals surface area contributed by atoms with Crippen molar-refractivity contribution in [2.45, 2.75) is 32.2 Å². The summed E-state index contributed by atoms with van der Waals surface area (Å²) in [4.78, 5) is 16.8. The quantitative estimate of drug-likeness (QED) is 0.631. The number of aromatic nitrogens is 1. The maximum absolute atomic E-state index is 13.5. The number of carbonyl (C=O) groups excluding carboxylic acids is 1. The van der Waals surface area contributed by atoms with Gasteiger partial charge in [-0.05, 0) is 67.8 Å². The molecule has 7 heteroatoms. The Hall–Kier alpha value is -3.19. The molecule has 0 saturated carbocycles. The summed E-state index contributed by atoms with van der Waals surface area (Å²) in [6.07, 6.45) is 3.29. The number of nitrogens with one attached hydrogen (secondary N) is 1. The fourth-order valence-corrected chi connectivity index (χ4v) is 4.51. The second-order valence-corrected chi connectivity index (χ2v) is 9.04. The number of nitrogens with zero attached hydrogens (tertiary/aromatic N) is 2. The third-order valence-corrected chi connectivity index (χ3v) is 6.75. The standard InChI is InChI=1S/C23H25N3O3S/c1-17-7-9-21(10-8-17)30(28,29)26(22-6-4-5-18(2)19(22)3)16-23(27)25-15-20-11-13-24-14-12-20/h4-14H,15-16H2,1-3H3,(H,25,27). The predicted octanol–water partition coefficient (Wildman–Crippen LogP) is 3.52. The number of aryl methyl sites for hydroxylation is 2. The van der Waals surface area contributed by atoms with Crippen molar-refractivity contribution in [2.24, 2.45) is 0 Å². The summed E-state index contributed by atoms with van der Waals surface area (Å²) in [5.74, 6) is -0.386. The Balaban J connectivity index is 1.92. The summed E-state index contributed by atoms with van der Waals surface area (Å²) in [6, 6.07) is 15.7. The van der Waals surface area contributed by atoms with Crippen molar-refractivity contribution in [1.29, 1.82) is 0 Å². The van der Waals surface area contributed by atoms with Gasteiger partial charge in [-0.15, -0.1) is 0 Å². The van der Waals surface area contributed by atoms with Crippen LogP contribution in [0.3, 0.4) is 0 Å². The molecule has 30 heavy (non-hydrogen) atoms. The molecular formula is C23H25N3O3S. The van der Waals surface area contributed by atoms with E-state index in [1.54, 1.807) is 60.9 Å². The van der Waals surface area contributed by atoms with Crippen LogP contribution < -0.4 is 9.62 Å². The van der Waals surface area contributed by atoms with Crippen LogP contribution in [0.15, 0.2) is 71.9 Å². The van der Waals surface area contributed by atoms with E-state index >= 15 is 0 Å². The van der Waals surface area contributed by atoms with Crippen molar-refractivity contribution in [2.75, 3.05) is 10.8 Å². The molecule has 1 amide bonds. The molecule has 0 aliphatic heterocycles. The lowest BCUT2D eigenvalue weighted by Crippen LogP contribution is -2.41. The molecule has 0 bridgehead atoms. The van der Waals surface area contributed by atoms with Gasteiger partial charge in [0.15, 0.2) is 0 Å². The van der Waals surface area contributed by atoms with Gasteiger partial charge in [0.2, 0.25) is 5.91 Å². The van der Waals surface area contributed by atoms with E-state index in [0.29, 0.717) is 12.2 Å². The van der Waals surface area contributed by atoms with E-state index in [2.05, 4.69) is 10.3 Å². The summed E-state index contributed by atoms with van der Waals surface area (Å²) in [5, 5.41) is 2.79. The fraction of sp³-hybridized carbons (Fsp3) is 0.217. The first-order chi connectivity index (χ1) is 14.3. The van der Waals surface area contributed by atoms with Crippen molar-refractivity contribution in [1.82, 2.24) is 10.3 Å². The predicted molar refractivity (Wildman–Crippen MR) is 118 cm³/mol. The molecule has 6 nitrogen and oxygen atoms in total. The molecule has 0 unspecified atom stereocenters. The smallest absolute Gasteiger partial charge is 0.264 e. The monoisotopic (exact) mass is 423 g/mol. The van der Waals surface area contributed by atoms with E-state index in [9.17, 15) is 13.2 Å². The van der Waals surface area contributed by atoms with Crippen molar-refractivity contribution >= 4 is 21.6 Å². The second kappa shape index (κ2) is 9.09. The lowest BCUT2D eigenvalue weighted by molar-refractivity contribution is -0.119. The van der Waals surface area contributed by atoms with E-state index in [4.69, 9.17) is 0 Å². The maximum atomic E-state index is 13.5. The third kappa shape index (κ3) is 4.86. The van der Waals surface area contributed by atoms with Crippen LogP contribution >= 0.6 is 0 Å². The first-order valence-electron chi connectivity index (χ1n) is 9.60. The minimum atomic E-state index is -3.93. The zero-order valence-corrected chi connectivity index (χ0v) is 18.1. The molecule has 3 aromatic rings. The van der Waals surface area contributed by atoms with E-state index < -0.39 is 10.0 Å². The topological polar surface area (TPSA) is 79.4 Å².